The Bertz CT molecular complexity index is 705. The summed E-state index contributed by atoms with van der Waals surface area (Å²) in [6.07, 6.45) is 0.874. The molecule has 0 aromatic heterocycles. The van der Waals surface area contributed by atoms with E-state index in [-0.39, 0.29) is 29.7 Å². The van der Waals surface area contributed by atoms with Crippen LogP contribution in [0.1, 0.15) is 20.3 Å². The molecule has 3 fully saturated rings. The maximum Gasteiger partial charge on any atom is 0.414 e. The second-order valence-corrected chi connectivity index (χ2v) is 7.46. The van der Waals surface area contributed by atoms with Gasteiger partial charge >= 0.3 is 12.1 Å². The van der Waals surface area contributed by atoms with E-state index in [1.807, 2.05) is 12.1 Å². The molecule has 0 bridgehead atoms. The molecule has 4 rings (SSSR count). The second-order valence-electron chi connectivity index (χ2n) is 7.46. The number of carbonyl (C=O) groups is 2. The van der Waals surface area contributed by atoms with Crippen molar-refractivity contribution in [1.29, 1.82) is 0 Å². The van der Waals surface area contributed by atoms with Gasteiger partial charge in [0.05, 0.1) is 12.6 Å². The molecule has 2 heterocycles. The third kappa shape index (κ3) is 2.72. The van der Waals surface area contributed by atoms with E-state index in [4.69, 9.17) is 9.47 Å². The van der Waals surface area contributed by atoms with E-state index in [1.165, 1.54) is 0 Å². The molecule has 0 spiro atoms. The van der Waals surface area contributed by atoms with Crippen molar-refractivity contribution in [2.75, 3.05) is 30.0 Å². The van der Waals surface area contributed by atoms with Crippen molar-refractivity contribution in [2.45, 2.75) is 32.4 Å². The summed E-state index contributed by atoms with van der Waals surface area (Å²) in [5.41, 5.74) is 1.30. The molecule has 25 heavy (non-hydrogen) atoms. The van der Waals surface area contributed by atoms with Crippen LogP contribution in [-0.4, -0.2) is 44.0 Å². The fourth-order valence-corrected chi connectivity index (χ4v) is 4.31. The van der Waals surface area contributed by atoms with Crippen molar-refractivity contribution in [3.8, 4) is 0 Å². The van der Waals surface area contributed by atoms with Crippen LogP contribution in [0.25, 0.3) is 0 Å². The van der Waals surface area contributed by atoms with Crippen molar-refractivity contribution >= 4 is 23.5 Å². The van der Waals surface area contributed by atoms with Crippen molar-refractivity contribution in [3.05, 3.63) is 24.3 Å². The highest BCUT2D eigenvalue weighted by atomic mass is 16.6. The summed E-state index contributed by atoms with van der Waals surface area (Å²) in [4.78, 5) is 25.6. The van der Waals surface area contributed by atoms with E-state index in [1.54, 1.807) is 17.0 Å². The lowest BCUT2D eigenvalue weighted by atomic mass is 9.57. The molecule has 1 saturated carbocycles. The molecular formula is C18H23N3O4. The van der Waals surface area contributed by atoms with Crippen LogP contribution in [-0.2, 0) is 9.47 Å². The van der Waals surface area contributed by atoms with Gasteiger partial charge in [-0.15, -0.1) is 0 Å². The van der Waals surface area contributed by atoms with Gasteiger partial charge in [-0.25, -0.2) is 9.59 Å². The molecule has 3 amide bonds. The number of hydrogen-bond acceptors (Lipinski definition) is 4. The van der Waals surface area contributed by atoms with Crippen molar-refractivity contribution in [2.24, 2.45) is 11.3 Å². The van der Waals surface area contributed by atoms with E-state index in [9.17, 15) is 9.59 Å². The summed E-state index contributed by atoms with van der Waals surface area (Å²) in [6.45, 7) is 5.94. The van der Waals surface area contributed by atoms with Crippen molar-refractivity contribution in [3.63, 3.8) is 0 Å². The Balaban J connectivity index is 1.40. The number of hydrogen-bond donors (Lipinski definition) is 2. The maximum absolute atomic E-state index is 12.4. The number of amides is 3. The van der Waals surface area contributed by atoms with Crippen LogP contribution in [0.2, 0.25) is 0 Å². The van der Waals surface area contributed by atoms with Gasteiger partial charge < -0.3 is 20.1 Å². The van der Waals surface area contributed by atoms with Crippen LogP contribution >= 0.6 is 0 Å². The zero-order valence-corrected chi connectivity index (χ0v) is 14.5. The molecule has 2 N–H and O–H groups in total. The monoisotopic (exact) mass is 345 g/mol. The van der Waals surface area contributed by atoms with Crippen LogP contribution < -0.4 is 15.5 Å². The molecule has 2 saturated heterocycles. The lowest BCUT2D eigenvalue weighted by Gasteiger charge is -2.54. The topological polar surface area (TPSA) is 79.9 Å². The number of ether oxygens (including phenoxy) is 2. The number of nitrogens with one attached hydrogen (secondary N) is 2. The maximum atomic E-state index is 12.4. The Morgan fingerprint density at radius 1 is 1.32 bits per heavy atom. The SMILES string of the molecule is CC1(C)[C@H](NC(=O)Nc2cccc(N3CCOC3=O)c2)[C@@H]2CCO[C@@H]21. The van der Waals surface area contributed by atoms with Gasteiger partial charge in [0.15, 0.2) is 0 Å². The minimum atomic E-state index is -0.356. The number of urea groups is 1. The molecule has 0 unspecified atom stereocenters. The van der Waals surface area contributed by atoms with E-state index >= 15 is 0 Å². The molecule has 1 aromatic carbocycles. The summed E-state index contributed by atoms with van der Waals surface area (Å²) >= 11 is 0. The summed E-state index contributed by atoms with van der Waals surface area (Å²) in [5.74, 6) is 0.395. The average molecular weight is 345 g/mol. The number of nitrogens with zero attached hydrogens (tertiary/aromatic N) is 1. The zero-order chi connectivity index (χ0) is 17.6. The number of cyclic esters (lactones) is 1. The Morgan fingerprint density at radius 3 is 2.92 bits per heavy atom. The molecule has 7 nitrogen and oxygen atoms in total. The Morgan fingerprint density at radius 2 is 2.16 bits per heavy atom. The van der Waals surface area contributed by atoms with E-state index in [2.05, 4.69) is 24.5 Å². The lowest BCUT2D eigenvalue weighted by Crippen LogP contribution is -2.67. The molecule has 3 atom stereocenters. The lowest BCUT2D eigenvalue weighted by molar-refractivity contribution is -0.107. The largest absolute Gasteiger partial charge is 0.447 e. The highest BCUT2D eigenvalue weighted by Gasteiger charge is 2.59. The standard InChI is InChI=1S/C18H23N3O4/c1-18(2)14(13-6-8-24-15(13)18)20-16(22)19-11-4-3-5-12(10-11)21-7-9-25-17(21)23/h3-5,10,13-15H,6-9H2,1-2H3,(H2,19,20,22)/t13-,14+,15-/m0/s1. The van der Waals surface area contributed by atoms with Crippen LogP contribution in [0.15, 0.2) is 24.3 Å². The van der Waals surface area contributed by atoms with Gasteiger partial charge in [-0.2, -0.15) is 0 Å². The quantitative estimate of drug-likeness (QED) is 0.882. The third-order valence-electron chi connectivity index (χ3n) is 5.56. The summed E-state index contributed by atoms with van der Waals surface area (Å²) < 4.78 is 10.7. The summed E-state index contributed by atoms with van der Waals surface area (Å²) in [7, 11) is 0. The predicted molar refractivity (Wildman–Crippen MR) is 92.7 cm³/mol. The fraction of sp³-hybridized carbons (Fsp3) is 0.556. The first-order valence-electron chi connectivity index (χ1n) is 8.70. The first-order chi connectivity index (χ1) is 12.0. The molecule has 7 heteroatoms. The number of anilines is 2. The molecule has 134 valence electrons. The van der Waals surface area contributed by atoms with Gasteiger partial charge in [-0.3, -0.25) is 4.90 Å². The smallest absolute Gasteiger partial charge is 0.414 e. The van der Waals surface area contributed by atoms with Crippen LogP contribution in [0.4, 0.5) is 21.0 Å². The second kappa shape index (κ2) is 5.91. The number of fused-ring (bicyclic) bond motifs is 1. The number of rotatable bonds is 3. The molecule has 1 aromatic rings. The van der Waals surface area contributed by atoms with Gasteiger partial charge in [-0.05, 0) is 24.6 Å². The Hall–Kier alpha value is -2.28. The first kappa shape index (κ1) is 16.2. The Labute approximate surface area is 146 Å². The van der Waals surface area contributed by atoms with Crippen molar-refractivity contribution < 1.29 is 19.1 Å². The summed E-state index contributed by atoms with van der Waals surface area (Å²) in [5, 5.41) is 5.96. The van der Waals surface area contributed by atoms with E-state index in [0.717, 1.165) is 13.0 Å². The van der Waals surface area contributed by atoms with Crippen LogP contribution in [0, 0.1) is 11.3 Å². The van der Waals surface area contributed by atoms with Gasteiger partial charge in [0.2, 0.25) is 0 Å². The zero-order valence-electron chi connectivity index (χ0n) is 14.5. The number of carbonyl (C=O) groups excluding carboxylic acids is 2. The molecule has 0 radical (unpaired) electrons. The van der Waals surface area contributed by atoms with Crippen molar-refractivity contribution in [1.82, 2.24) is 5.32 Å². The highest BCUT2D eigenvalue weighted by molar-refractivity contribution is 5.93. The predicted octanol–water partition coefficient (Wildman–Crippen LogP) is 2.58. The van der Waals surface area contributed by atoms with E-state index < -0.39 is 0 Å². The average Bonchev–Trinajstić information content (AvgIpc) is 3.20. The van der Waals surface area contributed by atoms with Gasteiger partial charge in [0.1, 0.15) is 6.61 Å². The van der Waals surface area contributed by atoms with Gasteiger partial charge in [-0.1, -0.05) is 19.9 Å². The highest BCUT2D eigenvalue weighted by Crippen LogP contribution is 2.52. The molecule has 1 aliphatic carbocycles. The van der Waals surface area contributed by atoms with Gasteiger partial charge in [0.25, 0.3) is 0 Å². The summed E-state index contributed by atoms with van der Waals surface area (Å²) in [6, 6.07) is 7.09. The number of benzene rings is 1. The first-order valence-corrected chi connectivity index (χ1v) is 8.70. The van der Waals surface area contributed by atoms with Crippen LogP contribution in [0.3, 0.4) is 0 Å². The molecule has 3 aliphatic rings. The molecule has 2 aliphatic heterocycles. The van der Waals surface area contributed by atoms with Gasteiger partial charge in [0, 0.05) is 35.4 Å². The molecular weight excluding hydrogens is 322 g/mol. The normalized spacial score (nSPS) is 29.6. The third-order valence-corrected chi connectivity index (χ3v) is 5.56. The minimum absolute atomic E-state index is 0.0559. The van der Waals surface area contributed by atoms with E-state index in [0.29, 0.717) is 30.4 Å². The minimum Gasteiger partial charge on any atom is -0.447 e. The Kier molecular flexibility index (Phi) is 3.83. The fourth-order valence-electron chi connectivity index (χ4n) is 4.31. The van der Waals surface area contributed by atoms with Crippen LogP contribution in [0.5, 0.6) is 0 Å².